The molecule has 0 aliphatic heterocycles. The van der Waals surface area contributed by atoms with Crippen LogP contribution in [0.3, 0.4) is 0 Å². The van der Waals surface area contributed by atoms with Gasteiger partial charge in [-0.2, -0.15) is 0 Å². The van der Waals surface area contributed by atoms with Gasteiger partial charge in [-0.05, 0) is 36.1 Å². The number of aliphatic hydroxyl groups is 1. The zero-order chi connectivity index (χ0) is 13.1. The van der Waals surface area contributed by atoms with Crippen LogP contribution in [-0.2, 0) is 6.54 Å². The molecule has 1 heterocycles. The number of nitrogens with zero attached hydrogens (tertiary/aromatic N) is 1. The lowest BCUT2D eigenvalue weighted by atomic mass is 10.1. The lowest BCUT2D eigenvalue weighted by Crippen LogP contribution is -2.17. The number of rotatable bonds is 4. The highest BCUT2D eigenvalue weighted by Gasteiger charge is 2.11. The van der Waals surface area contributed by atoms with Crippen molar-refractivity contribution in [3.8, 4) is 0 Å². The first-order valence-corrected chi connectivity index (χ1v) is 6.67. The maximum absolute atomic E-state index is 13.9. The maximum Gasteiger partial charge on any atom is 0.146 e. The summed E-state index contributed by atoms with van der Waals surface area (Å²) in [5.74, 6) is -0.299. The molecule has 0 fully saturated rings. The van der Waals surface area contributed by atoms with Crippen LogP contribution in [0.25, 0.3) is 0 Å². The topological polar surface area (TPSA) is 23.5 Å². The van der Waals surface area contributed by atoms with Gasteiger partial charge in [-0.3, -0.25) is 0 Å². The molecule has 0 saturated heterocycles. The lowest BCUT2D eigenvalue weighted by Gasteiger charge is -2.20. The summed E-state index contributed by atoms with van der Waals surface area (Å²) < 4.78 is 13.9. The third kappa shape index (κ3) is 2.89. The van der Waals surface area contributed by atoms with Gasteiger partial charge in [0, 0.05) is 11.9 Å². The largest absolute Gasteiger partial charge is 0.389 e. The molecule has 2 aromatic rings. The average molecular weight is 265 g/mol. The lowest BCUT2D eigenvalue weighted by molar-refractivity contribution is 0.199. The van der Waals surface area contributed by atoms with E-state index in [9.17, 15) is 9.50 Å². The Morgan fingerprint density at radius 1 is 1.39 bits per heavy atom. The molecule has 96 valence electrons. The second-order valence-corrected chi connectivity index (χ2v) is 5.35. The molecule has 2 nitrogen and oxygen atoms in total. The fraction of sp³-hybridized carbons (Fsp3) is 0.286. The normalized spacial score (nSPS) is 12.4. The first-order valence-electron chi connectivity index (χ1n) is 5.79. The van der Waals surface area contributed by atoms with Crippen LogP contribution < -0.4 is 4.90 Å². The van der Waals surface area contributed by atoms with Crippen molar-refractivity contribution in [3.63, 3.8) is 0 Å². The van der Waals surface area contributed by atoms with Crippen molar-refractivity contribution in [2.45, 2.75) is 19.6 Å². The van der Waals surface area contributed by atoms with Crippen LogP contribution in [0, 0.1) is 5.82 Å². The summed E-state index contributed by atoms with van der Waals surface area (Å²) in [5.41, 5.74) is 1.15. The molecule has 0 bridgehead atoms. The molecule has 1 aromatic heterocycles. The predicted molar refractivity (Wildman–Crippen MR) is 73.5 cm³/mol. The van der Waals surface area contributed by atoms with E-state index in [1.165, 1.54) is 10.9 Å². The zero-order valence-electron chi connectivity index (χ0n) is 10.4. The van der Waals surface area contributed by atoms with Gasteiger partial charge < -0.3 is 10.0 Å². The van der Waals surface area contributed by atoms with E-state index in [0.717, 1.165) is 0 Å². The van der Waals surface area contributed by atoms with E-state index in [4.69, 9.17) is 0 Å². The average Bonchev–Trinajstić information content (AvgIpc) is 2.81. The van der Waals surface area contributed by atoms with Crippen LogP contribution in [0.5, 0.6) is 0 Å². The monoisotopic (exact) mass is 265 g/mol. The quantitative estimate of drug-likeness (QED) is 0.913. The minimum Gasteiger partial charge on any atom is -0.389 e. The SMILES string of the molecule is C[C@@H](O)c1ccc(N(C)Cc2cccs2)c(F)c1. The second kappa shape index (κ2) is 5.50. The van der Waals surface area contributed by atoms with Crippen molar-refractivity contribution in [1.82, 2.24) is 0 Å². The molecule has 0 aliphatic rings. The number of halogens is 1. The molecular formula is C14H16FNOS. The molecule has 0 saturated carbocycles. The maximum atomic E-state index is 13.9. The number of anilines is 1. The number of benzene rings is 1. The Hall–Kier alpha value is -1.39. The minimum atomic E-state index is -0.642. The molecule has 1 aromatic carbocycles. The van der Waals surface area contributed by atoms with E-state index in [0.29, 0.717) is 17.8 Å². The van der Waals surface area contributed by atoms with Crippen LogP contribution in [-0.4, -0.2) is 12.2 Å². The standard InChI is InChI=1S/C14H16FNOS/c1-10(17)11-5-6-14(13(15)8-11)16(2)9-12-4-3-7-18-12/h3-8,10,17H,9H2,1-2H3/t10-/m1/s1. The van der Waals surface area contributed by atoms with Crippen LogP contribution in [0.4, 0.5) is 10.1 Å². The van der Waals surface area contributed by atoms with Crippen LogP contribution in [0.15, 0.2) is 35.7 Å². The summed E-state index contributed by atoms with van der Waals surface area (Å²) in [4.78, 5) is 3.06. The van der Waals surface area contributed by atoms with E-state index in [1.54, 1.807) is 30.4 Å². The number of thiophene rings is 1. The Bertz CT molecular complexity index is 511. The first kappa shape index (κ1) is 13.1. The van der Waals surface area contributed by atoms with E-state index in [2.05, 4.69) is 0 Å². The first-order chi connectivity index (χ1) is 8.58. The highest BCUT2D eigenvalue weighted by Crippen LogP contribution is 2.24. The zero-order valence-corrected chi connectivity index (χ0v) is 11.2. The molecule has 0 aliphatic carbocycles. The highest BCUT2D eigenvalue weighted by molar-refractivity contribution is 7.09. The molecule has 4 heteroatoms. The minimum absolute atomic E-state index is 0.299. The molecule has 18 heavy (non-hydrogen) atoms. The Balaban J connectivity index is 2.17. The van der Waals surface area contributed by atoms with Gasteiger partial charge in [-0.15, -0.1) is 11.3 Å². The van der Waals surface area contributed by atoms with Crippen LogP contribution >= 0.6 is 11.3 Å². The van der Waals surface area contributed by atoms with Crippen molar-refractivity contribution < 1.29 is 9.50 Å². The molecule has 0 amide bonds. The van der Waals surface area contributed by atoms with Gasteiger partial charge in [0.25, 0.3) is 0 Å². The van der Waals surface area contributed by atoms with E-state index in [1.807, 2.05) is 29.5 Å². The van der Waals surface area contributed by atoms with Gasteiger partial charge in [-0.1, -0.05) is 12.1 Å². The molecule has 0 unspecified atom stereocenters. The highest BCUT2D eigenvalue weighted by atomic mass is 32.1. The molecule has 1 N–H and O–H groups in total. The summed E-state index contributed by atoms with van der Waals surface area (Å²) >= 11 is 1.66. The number of hydrogen-bond donors (Lipinski definition) is 1. The summed E-state index contributed by atoms with van der Waals surface area (Å²) in [5, 5.41) is 11.4. The fourth-order valence-electron chi connectivity index (χ4n) is 1.81. The Labute approximate surface area is 110 Å². The van der Waals surface area contributed by atoms with Crippen LogP contribution in [0.1, 0.15) is 23.5 Å². The van der Waals surface area contributed by atoms with Gasteiger partial charge in [0.15, 0.2) is 0 Å². The Morgan fingerprint density at radius 3 is 2.72 bits per heavy atom. The summed E-state index contributed by atoms with van der Waals surface area (Å²) in [6, 6.07) is 8.88. The molecule has 1 atom stereocenters. The summed E-state index contributed by atoms with van der Waals surface area (Å²) in [6.45, 7) is 2.31. The smallest absolute Gasteiger partial charge is 0.146 e. The third-order valence-electron chi connectivity index (χ3n) is 2.84. The van der Waals surface area contributed by atoms with Gasteiger partial charge in [0.1, 0.15) is 5.82 Å². The van der Waals surface area contributed by atoms with Crippen molar-refractivity contribution in [1.29, 1.82) is 0 Å². The van der Waals surface area contributed by atoms with Crippen molar-refractivity contribution in [2.75, 3.05) is 11.9 Å². The van der Waals surface area contributed by atoms with E-state index >= 15 is 0 Å². The van der Waals surface area contributed by atoms with Gasteiger partial charge >= 0.3 is 0 Å². The van der Waals surface area contributed by atoms with Crippen molar-refractivity contribution in [2.24, 2.45) is 0 Å². The van der Waals surface area contributed by atoms with Crippen molar-refractivity contribution in [3.05, 3.63) is 52.0 Å². The van der Waals surface area contributed by atoms with Gasteiger partial charge in [-0.25, -0.2) is 4.39 Å². The Kier molecular flexibility index (Phi) is 3.99. The number of aliphatic hydroxyl groups excluding tert-OH is 1. The number of hydrogen-bond acceptors (Lipinski definition) is 3. The van der Waals surface area contributed by atoms with Gasteiger partial charge in [0.2, 0.25) is 0 Å². The Morgan fingerprint density at radius 2 is 2.17 bits per heavy atom. The third-order valence-corrected chi connectivity index (χ3v) is 3.70. The molecule has 0 spiro atoms. The predicted octanol–water partition coefficient (Wildman–Crippen LogP) is 3.58. The summed E-state index contributed by atoms with van der Waals surface area (Å²) in [6.07, 6.45) is -0.642. The summed E-state index contributed by atoms with van der Waals surface area (Å²) in [7, 11) is 1.86. The van der Waals surface area contributed by atoms with E-state index in [-0.39, 0.29) is 5.82 Å². The fourth-order valence-corrected chi connectivity index (χ4v) is 2.57. The molecule has 2 rings (SSSR count). The van der Waals surface area contributed by atoms with E-state index < -0.39 is 6.10 Å². The van der Waals surface area contributed by atoms with Crippen LogP contribution in [0.2, 0.25) is 0 Å². The second-order valence-electron chi connectivity index (χ2n) is 4.32. The van der Waals surface area contributed by atoms with Gasteiger partial charge in [0.05, 0.1) is 18.3 Å². The molecular weight excluding hydrogens is 249 g/mol. The van der Waals surface area contributed by atoms with Crippen molar-refractivity contribution >= 4 is 17.0 Å². The molecule has 0 radical (unpaired) electrons.